The van der Waals surface area contributed by atoms with Crippen LogP contribution >= 0.6 is 11.8 Å². The molecule has 0 aromatic heterocycles. The predicted molar refractivity (Wildman–Crippen MR) is 64.8 cm³/mol. The van der Waals surface area contributed by atoms with E-state index in [0.717, 1.165) is 17.2 Å². The molecule has 1 nitrogen and oxygen atoms in total. The Kier molecular flexibility index (Phi) is 3.94. The molecule has 2 aliphatic rings. The molecule has 0 aromatic rings. The molecular formula is C12H21NS. The molecular weight excluding hydrogens is 190 g/mol. The van der Waals surface area contributed by atoms with Crippen LogP contribution in [0.3, 0.4) is 0 Å². The van der Waals surface area contributed by atoms with Crippen LogP contribution in [0.1, 0.15) is 32.6 Å². The Bertz CT molecular complexity index is 202. The van der Waals surface area contributed by atoms with Crippen molar-refractivity contribution >= 4 is 11.8 Å². The van der Waals surface area contributed by atoms with Gasteiger partial charge in [-0.05, 0) is 38.1 Å². The van der Waals surface area contributed by atoms with Crippen molar-refractivity contribution < 1.29 is 0 Å². The monoisotopic (exact) mass is 211 g/mol. The summed E-state index contributed by atoms with van der Waals surface area (Å²) in [5, 5.41) is 4.60. The van der Waals surface area contributed by atoms with E-state index in [1.54, 1.807) is 0 Å². The third kappa shape index (κ3) is 3.03. The Balaban J connectivity index is 1.64. The SMILES string of the molecule is CC1CC(NCC2CC=CCC2)CS1. The highest BCUT2D eigenvalue weighted by Crippen LogP contribution is 2.26. The van der Waals surface area contributed by atoms with Gasteiger partial charge >= 0.3 is 0 Å². The molecule has 0 radical (unpaired) electrons. The average molecular weight is 211 g/mol. The minimum atomic E-state index is 0.793. The molecule has 2 rings (SSSR count). The number of allylic oxidation sites excluding steroid dienone is 2. The molecule has 0 saturated carbocycles. The van der Waals surface area contributed by atoms with Gasteiger partial charge in [0.15, 0.2) is 0 Å². The lowest BCUT2D eigenvalue weighted by Gasteiger charge is -2.20. The second-order valence-corrected chi connectivity index (χ2v) is 6.11. The molecule has 1 saturated heterocycles. The second-order valence-electron chi connectivity index (χ2n) is 4.64. The van der Waals surface area contributed by atoms with Gasteiger partial charge in [-0.3, -0.25) is 0 Å². The zero-order valence-electron chi connectivity index (χ0n) is 9.04. The number of hydrogen-bond donors (Lipinski definition) is 1. The van der Waals surface area contributed by atoms with Crippen LogP contribution in [0.15, 0.2) is 12.2 Å². The molecule has 1 aliphatic carbocycles. The maximum atomic E-state index is 3.73. The van der Waals surface area contributed by atoms with Crippen LogP contribution in [0.25, 0.3) is 0 Å². The van der Waals surface area contributed by atoms with Gasteiger partial charge in [0.25, 0.3) is 0 Å². The summed E-state index contributed by atoms with van der Waals surface area (Å²) in [6.45, 7) is 3.58. The Morgan fingerprint density at radius 1 is 1.43 bits per heavy atom. The van der Waals surface area contributed by atoms with Crippen molar-refractivity contribution in [2.75, 3.05) is 12.3 Å². The van der Waals surface area contributed by atoms with Gasteiger partial charge in [0.2, 0.25) is 0 Å². The molecule has 0 spiro atoms. The topological polar surface area (TPSA) is 12.0 Å². The summed E-state index contributed by atoms with van der Waals surface area (Å²) < 4.78 is 0. The first kappa shape index (κ1) is 10.6. The molecule has 0 bridgehead atoms. The molecule has 1 aliphatic heterocycles. The molecule has 0 aromatic carbocycles. The summed E-state index contributed by atoms with van der Waals surface area (Å²) in [6.07, 6.45) is 10.0. The molecule has 3 unspecified atom stereocenters. The van der Waals surface area contributed by atoms with Crippen LogP contribution in [0.5, 0.6) is 0 Å². The minimum absolute atomic E-state index is 0.793. The van der Waals surface area contributed by atoms with Crippen LogP contribution in [0, 0.1) is 5.92 Å². The molecule has 80 valence electrons. The van der Waals surface area contributed by atoms with Gasteiger partial charge in [-0.25, -0.2) is 0 Å². The van der Waals surface area contributed by atoms with Crippen molar-refractivity contribution in [2.24, 2.45) is 5.92 Å². The first-order chi connectivity index (χ1) is 6.84. The maximum Gasteiger partial charge on any atom is 0.0168 e. The highest BCUT2D eigenvalue weighted by atomic mass is 32.2. The van der Waals surface area contributed by atoms with E-state index in [4.69, 9.17) is 0 Å². The molecule has 14 heavy (non-hydrogen) atoms. The van der Waals surface area contributed by atoms with Gasteiger partial charge in [0.1, 0.15) is 0 Å². The summed E-state index contributed by atoms with van der Waals surface area (Å²) in [4.78, 5) is 0. The van der Waals surface area contributed by atoms with E-state index in [2.05, 4.69) is 36.2 Å². The van der Waals surface area contributed by atoms with Gasteiger partial charge in [0.05, 0.1) is 0 Å². The zero-order valence-corrected chi connectivity index (χ0v) is 9.85. The van der Waals surface area contributed by atoms with Crippen molar-refractivity contribution in [3.8, 4) is 0 Å². The van der Waals surface area contributed by atoms with E-state index in [-0.39, 0.29) is 0 Å². The normalized spacial score (nSPS) is 37.6. The maximum absolute atomic E-state index is 3.73. The highest BCUT2D eigenvalue weighted by molar-refractivity contribution is 8.00. The lowest BCUT2D eigenvalue weighted by molar-refractivity contribution is 0.409. The fourth-order valence-electron chi connectivity index (χ4n) is 2.33. The van der Waals surface area contributed by atoms with Gasteiger partial charge in [-0.2, -0.15) is 11.8 Å². The second kappa shape index (κ2) is 5.22. The molecule has 1 fully saturated rings. The number of thioether (sulfide) groups is 1. The lowest BCUT2D eigenvalue weighted by atomic mass is 9.94. The summed E-state index contributed by atoms with van der Waals surface area (Å²) in [5.74, 6) is 2.23. The van der Waals surface area contributed by atoms with Gasteiger partial charge in [0, 0.05) is 17.0 Å². The van der Waals surface area contributed by atoms with E-state index in [0.29, 0.717) is 0 Å². The first-order valence-electron chi connectivity index (χ1n) is 5.84. The van der Waals surface area contributed by atoms with Crippen LogP contribution < -0.4 is 5.32 Å². The molecule has 1 heterocycles. The molecule has 1 N–H and O–H groups in total. The Morgan fingerprint density at radius 2 is 2.36 bits per heavy atom. The first-order valence-corrected chi connectivity index (χ1v) is 6.89. The third-order valence-corrected chi connectivity index (χ3v) is 4.63. The van der Waals surface area contributed by atoms with Crippen molar-refractivity contribution in [1.29, 1.82) is 0 Å². The Morgan fingerprint density at radius 3 is 3.00 bits per heavy atom. The Hall–Kier alpha value is 0.0500. The van der Waals surface area contributed by atoms with E-state index < -0.39 is 0 Å². The fourth-order valence-corrected chi connectivity index (χ4v) is 3.52. The lowest BCUT2D eigenvalue weighted by Crippen LogP contribution is -2.33. The van der Waals surface area contributed by atoms with E-state index in [9.17, 15) is 0 Å². The molecule has 2 heteroatoms. The van der Waals surface area contributed by atoms with Gasteiger partial charge < -0.3 is 5.32 Å². The van der Waals surface area contributed by atoms with E-state index in [1.165, 1.54) is 38.0 Å². The van der Waals surface area contributed by atoms with Crippen molar-refractivity contribution in [1.82, 2.24) is 5.32 Å². The van der Waals surface area contributed by atoms with Crippen molar-refractivity contribution in [3.63, 3.8) is 0 Å². The minimum Gasteiger partial charge on any atom is -0.313 e. The van der Waals surface area contributed by atoms with Crippen molar-refractivity contribution in [2.45, 2.75) is 43.9 Å². The smallest absolute Gasteiger partial charge is 0.0168 e. The summed E-state index contributed by atoms with van der Waals surface area (Å²) in [6, 6.07) is 0.793. The van der Waals surface area contributed by atoms with E-state index >= 15 is 0 Å². The summed E-state index contributed by atoms with van der Waals surface area (Å²) in [7, 11) is 0. The zero-order chi connectivity index (χ0) is 9.80. The number of rotatable bonds is 3. The summed E-state index contributed by atoms with van der Waals surface area (Å²) in [5.41, 5.74) is 0. The Labute approximate surface area is 91.7 Å². The summed E-state index contributed by atoms with van der Waals surface area (Å²) >= 11 is 2.12. The van der Waals surface area contributed by atoms with Crippen LogP contribution in [0.2, 0.25) is 0 Å². The highest BCUT2D eigenvalue weighted by Gasteiger charge is 2.22. The fraction of sp³-hybridized carbons (Fsp3) is 0.833. The quantitative estimate of drug-likeness (QED) is 0.720. The average Bonchev–Trinajstić information content (AvgIpc) is 2.63. The van der Waals surface area contributed by atoms with Crippen LogP contribution in [-0.2, 0) is 0 Å². The van der Waals surface area contributed by atoms with Gasteiger partial charge in [-0.1, -0.05) is 19.1 Å². The molecule has 3 atom stereocenters. The predicted octanol–water partition coefficient (Wildman–Crippen LogP) is 2.83. The largest absolute Gasteiger partial charge is 0.313 e. The van der Waals surface area contributed by atoms with E-state index in [1.807, 2.05) is 0 Å². The number of nitrogens with one attached hydrogen (secondary N) is 1. The molecule has 0 amide bonds. The van der Waals surface area contributed by atoms with Gasteiger partial charge in [-0.15, -0.1) is 0 Å². The third-order valence-electron chi connectivity index (χ3n) is 3.27. The number of hydrogen-bond acceptors (Lipinski definition) is 2. The van der Waals surface area contributed by atoms with Crippen molar-refractivity contribution in [3.05, 3.63) is 12.2 Å². The standard InChI is InChI=1S/C12H21NS/c1-10-7-12(9-14-10)13-8-11-5-3-2-4-6-11/h2-3,10-13H,4-9H2,1H3. The van der Waals surface area contributed by atoms with Crippen LogP contribution in [-0.4, -0.2) is 23.6 Å². The van der Waals surface area contributed by atoms with Crippen LogP contribution in [0.4, 0.5) is 0 Å².